The summed E-state index contributed by atoms with van der Waals surface area (Å²) in [7, 11) is 0. The molecule has 0 saturated carbocycles. The number of esters is 1. The van der Waals surface area contributed by atoms with E-state index in [0.717, 1.165) is 5.56 Å². The molecule has 4 rings (SSSR count). The van der Waals surface area contributed by atoms with E-state index in [2.05, 4.69) is 0 Å². The number of benzene rings is 3. The SMILES string of the molecule is Cc1ccc(-c2oc3ccccc3c(=O)c2OC(=O)c2ccccc2)cc1. The van der Waals surface area contributed by atoms with Crippen molar-refractivity contribution in [2.24, 2.45) is 0 Å². The van der Waals surface area contributed by atoms with Crippen LogP contribution in [0.15, 0.2) is 88.1 Å². The first kappa shape index (κ1) is 16.8. The molecule has 0 aliphatic carbocycles. The lowest BCUT2D eigenvalue weighted by atomic mass is 10.1. The summed E-state index contributed by atoms with van der Waals surface area (Å²) in [6, 6.07) is 22.9. The second-order valence-electron chi connectivity index (χ2n) is 6.21. The van der Waals surface area contributed by atoms with Crippen LogP contribution in [0.1, 0.15) is 15.9 Å². The van der Waals surface area contributed by atoms with Gasteiger partial charge in [-0.1, -0.05) is 60.2 Å². The van der Waals surface area contributed by atoms with Crippen molar-refractivity contribution in [3.05, 3.63) is 100 Å². The number of para-hydroxylation sites is 1. The minimum Gasteiger partial charge on any atom is -0.452 e. The van der Waals surface area contributed by atoms with Crippen molar-refractivity contribution >= 4 is 16.9 Å². The maximum Gasteiger partial charge on any atom is 0.343 e. The summed E-state index contributed by atoms with van der Waals surface area (Å²) in [5.74, 6) is -0.471. The van der Waals surface area contributed by atoms with E-state index in [9.17, 15) is 9.59 Å². The predicted octanol–water partition coefficient (Wildman–Crippen LogP) is 4.99. The highest BCUT2D eigenvalue weighted by Gasteiger charge is 2.21. The Morgan fingerprint density at radius 3 is 2.26 bits per heavy atom. The predicted molar refractivity (Wildman–Crippen MR) is 104 cm³/mol. The number of carbonyl (C=O) groups excluding carboxylic acids is 1. The molecule has 0 aliphatic rings. The third kappa shape index (κ3) is 3.25. The molecule has 0 saturated heterocycles. The molecule has 0 aliphatic heterocycles. The lowest BCUT2D eigenvalue weighted by Gasteiger charge is -2.11. The Labute approximate surface area is 155 Å². The van der Waals surface area contributed by atoms with Crippen molar-refractivity contribution in [3.8, 4) is 17.1 Å². The van der Waals surface area contributed by atoms with Gasteiger partial charge in [0.05, 0.1) is 10.9 Å². The van der Waals surface area contributed by atoms with Crippen molar-refractivity contribution in [2.45, 2.75) is 6.92 Å². The number of carbonyl (C=O) groups is 1. The van der Waals surface area contributed by atoms with Crippen LogP contribution in [0.3, 0.4) is 0 Å². The first-order valence-corrected chi connectivity index (χ1v) is 8.53. The molecule has 4 aromatic rings. The average molecular weight is 356 g/mol. The standard InChI is InChI=1S/C23H16O4/c1-15-11-13-16(14-12-15)21-22(27-23(25)17-7-3-2-4-8-17)20(24)18-9-5-6-10-19(18)26-21/h2-14H,1H3. The molecule has 1 heterocycles. The lowest BCUT2D eigenvalue weighted by Crippen LogP contribution is -2.16. The number of hydrogen-bond acceptors (Lipinski definition) is 4. The molecule has 0 N–H and O–H groups in total. The monoisotopic (exact) mass is 356 g/mol. The molecule has 0 unspecified atom stereocenters. The number of hydrogen-bond donors (Lipinski definition) is 0. The Morgan fingerprint density at radius 1 is 0.852 bits per heavy atom. The number of fused-ring (bicyclic) bond motifs is 1. The molecular weight excluding hydrogens is 340 g/mol. The van der Waals surface area contributed by atoms with Crippen LogP contribution in [0.25, 0.3) is 22.3 Å². The number of ether oxygens (including phenoxy) is 1. The Kier molecular flexibility index (Phi) is 4.30. The summed E-state index contributed by atoms with van der Waals surface area (Å²) < 4.78 is 11.5. The van der Waals surface area contributed by atoms with Crippen LogP contribution >= 0.6 is 0 Å². The molecule has 0 amide bonds. The number of rotatable bonds is 3. The van der Waals surface area contributed by atoms with Gasteiger partial charge in [-0.3, -0.25) is 4.79 Å². The van der Waals surface area contributed by atoms with E-state index in [0.29, 0.717) is 22.1 Å². The van der Waals surface area contributed by atoms with Gasteiger partial charge in [0.2, 0.25) is 11.2 Å². The van der Waals surface area contributed by atoms with E-state index < -0.39 is 5.97 Å². The Bertz CT molecular complexity index is 1170. The fraction of sp³-hybridized carbons (Fsp3) is 0.0435. The number of aryl methyl sites for hydroxylation is 1. The molecule has 3 aromatic carbocycles. The summed E-state index contributed by atoms with van der Waals surface area (Å²) in [5, 5.41) is 0.365. The molecule has 1 aromatic heterocycles. The maximum atomic E-state index is 13.0. The van der Waals surface area contributed by atoms with Gasteiger partial charge in [-0.25, -0.2) is 4.79 Å². The molecule has 4 heteroatoms. The zero-order valence-electron chi connectivity index (χ0n) is 14.6. The van der Waals surface area contributed by atoms with Crippen LogP contribution in [-0.2, 0) is 0 Å². The highest BCUT2D eigenvalue weighted by atomic mass is 16.5. The van der Waals surface area contributed by atoms with Gasteiger partial charge in [0, 0.05) is 5.56 Å². The molecule has 132 valence electrons. The molecule has 0 bridgehead atoms. The topological polar surface area (TPSA) is 56.5 Å². The summed E-state index contributed by atoms with van der Waals surface area (Å²) >= 11 is 0. The van der Waals surface area contributed by atoms with Crippen LogP contribution in [0.5, 0.6) is 5.75 Å². The van der Waals surface area contributed by atoms with Gasteiger partial charge in [-0.15, -0.1) is 0 Å². The fourth-order valence-electron chi connectivity index (χ4n) is 2.84. The van der Waals surface area contributed by atoms with Crippen LogP contribution in [-0.4, -0.2) is 5.97 Å². The lowest BCUT2D eigenvalue weighted by molar-refractivity contribution is 0.0731. The van der Waals surface area contributed by atoms with Gasteiger partial charge in [0.1, 0.15) is 5.58 Å². The Hall–Kier alpha value is -3.66. The van der Waals surface area contributed by atoms with Crippen LogP contribution in [0.4, 0.5) is 0 Å². The molecule has 0 spiro atoms. The summed E-state index contributed by atoms with van der Waals surface area (Å²) in [4.78, 5) is 25.6. The van der Waals surface area contributed by atoms with Gasteiger partial charge in [-0.05, 0) is 31.2 Å². The largest absolute Gasteiger partial charge is 0.452 e. The first-order chi connectivity index (χ1) is 13.1. The normalized spacial score (nSPS) is 10.7. The average Bonchev–Trinajstić information content (AvgIpc) is 2.71. The summed E-state index contributed by atoms with van der Waals surface area (Å²) in [6.45, 7) is 1.97. The van der Waals surface area contributed by atoms with Crippen molar-refractivity contribution in [1.82, 2.24) is 0 Å². The fourth-order valence-corrected chi connectivity index (χ4v) is 2.84. The van der Waals surface area contributed by atoms with Crippen LogP contribution < -0.4 is 10.2 Å². The zero-order valence-corrected chi connectivity index (χ0v) is 14.6. The quantitative estimate of drug-likeness (QED) is 0.485. The molecule has 27 heavy (non-hydrogen) atoms. The minimum atomic E-state index is -0.605. The highest BCUT2D eigenvalue weighted by Crippen LogP contribution is 2.31. The van der Waals surface area contributed by atoms with Gasteiger partial charge >= 0.3 is 5.97 Å². The Balaban J connectivity index is 1.90. The second kappa shape index (κ2) is 6.92. The van der Waals surface area contributed by atoms with Crippen molar-refractivity contribution in [2.75, 3.05) is 0 Å². The van der Waals surface area contributed by atoms with Gasteiger partial charge in [0.15, 0.2) is 5.76 Å². The van der Waals surface area contributed by atoms with Crippen molar-refractivity contribution < 1.29 is 13.9 Å². The molecule has 0 fully saturated rings. The summed E-state index contributed by atoms with van der Waals surface area (Å²) in [5.41, 5.74) is 2.17. The maximum absolute atomic E-state index is 13.0. The van der Waals surface area contributed by atoms with Gasteiger partial charge in [-0.2, -0.15) is 0 Å². The Morgan fingerprint density at radius 2 is 1.52 bits per heavy atom. The smallest absolute Gasteiger partial charge is 0.343 e. The first-order valence-electron chi connectivity index (χ1n) is 8.53. The van der Waals surface area contributed by atoms with Crippen LogP contribution in [0, 0.1) is 6.92 Å². The third-order valence-electron chi connectivity index (χ3n) is 4.27. The molecule has 0 radical (unpaired) electrons. The molecular formula is C23H16O4. The van der Waals surface area contributed by atoms with Gasteiger partial charge in [0.25, 0.3) is 0 Å². The van der Waals surface area contributed by atoms with Crippen LogP contribution in [0.2, 0.25) is 0 Å². The zero-order chi connectivity index (χ0) is 18.8. The van der Waals surface area contributed by atoms with Crippen molar-refractivity contribution in [1.29, 1.82) is 0 Å². The third-order valence-corrected chi connectivity index (χ3v) is 4.27. The van der Waals surface area contributed by atoms with E-state index >= 15 is 0 Å². The molecule has 0 atom stereocenters. The second-order valence-corrected chi connectivity index (χ2v) is 6.21. The van der Waals surface area contributed by atoms with E-state index in [4.69, 9.17) is 9.15 Å². The van der Waals surface area contributed by atoms with E-state index in [1.165, 1.54) is 0 Å². The van der Waals surface area contributed by atoms with Crippen molar-refractivity contribution in [3.63, 3.8) is 0 Å². The highest BCUT2D eigenvalue weighted by molar-refractivity contribution is 5.92. The van der Waals surface area contributed by atoms with E-state index in [1.807, 2.05) is 31.2 Å². The van der Waals surface area contributed by atoms with E-state index in [1.54, 1.807) is 54.6 Å². The molecule has 4 nitrogen and oxygen atoms in total. The van der Waals surface area contributed by atoms with Gasteiger partial charge < -0.3 is 9.15 Å². The van der Waals surface area contributed by atoms with E-state index in [-0.39, 0.29) is 16.9 Å². The minimum absolute atomic E-state index is 0.105. The summed E-state index contributed by atoms with van der Waals surface area (Å²) in [6.07, 6.45) is 0.